The second-order valence-electron chi connectivity index (χ2n) is 2.51. The summed E-state index contributed by atoms with van der Waals surface area (Å²) in [4.78, 5) is 14.4. The second kappa shape index (κ2) is 3.94. The number of aryl methyl sites for hydroxylation is 1. The third kappa shape index (κ3) is 2.21. The van der Waals surface area contributed by atoms with Crippen LogP contribution in [0.15, 0.2) is 23.2 Å². The van der Waals surface area contributed by atoms with Gasteiger partial charge in [0.2, 0.25) is 0 Å². The zero-order chi connectivity index (χ0) is 9.84. The lowest BCUT2D eigenvalue weighted by Gasteiger charge is -1.99. The van der Waals surface area contributed by atoms with E-state index in [-0.39, 0.29) is 5.56 Å². The first-order valence-corrected chi connectivity index (χ1v) is 3.98. The number of hydrogen-bond acceptors (Lipinski definition) is 3. The number of hydrogen-bond donors (Lipinski definition) is 1. The predicted octanol–water partition coefficient (Wildman–Crippen LogP) is 2.43. The number of benzene rings is 1. The van der Waals surface area contributed by atoms with Crippen molar-refractivity contribution < 1.29 is 9.90 Å². The first kappa shape index (κ1) is 9.58. The molecule has 66 valence electrons. The van der Waals surface area contributed by atoms with Crippen LogP contribution in [0.25, 0.3) is 0 Å². The monoisotopic (exact) mass is 193 g/mol. The summed E-state index contributed by atoms with van der Waals surface area (Å²) >= 11 is 4.43. The van der Waals surface area contributed by atoms with Crippen LogP contribution >= 0.6 is 12.2 Å². The van der Waals surface area contributed by atoms with Gasteiger partial charge in [-0.25, -0.2) is 4.79 Å². The molecule has 0 spiro atoms. The number of aliphatic imine (C=N–C) groups is 1. The fourth-order valence-electron chi connectivity index (χ4n) is 1.01. The van der Waals surface area contributed by atoms with Gasteiger partial charge in [-0.2, -0.15) is 4.99 Å². The Hall–Kier alpha value is -1.51. The maximum Gasteiger partial charge on any atom is 0.335 e. The average Bonchev–Trinajstić information content (AvgIpc) is 2.04. The average molecular weight is 193 g/mol. The molecule has 0 heterocycles. The molecular formula is C9H7NO2S. The van der Waals surface area contributed by atoms with Crippen molar-refractivity contribution in [3.8, 4) is 0 Å². The molecule has 0 radical (unpaired) electrons. The molecule has 0 bridgehead atoms. The Morgan fingerprint density at radius 2 is 2.31 bits per heavy atom. The van der Waals surface area contributed by atoms with Crippen molar-refractivity contribution in [2.75, 3.05) is 0 Å². The Bertz CT molecular complexity index is 395. The van der Waals surface area contributed by atoms with E-state index in [1.807, 2.05) is 0 Å². The van der Waals surface area contributed by atoms with Crippen LogP contribution in [0.5, 0.6) is 0 Å². The fraction of sp³-hybridized carbons (Fsp3) is 0.111. The van der Waals surface area contributed by atoms with E-state index < -0.39 is 5.97 Å². The van der Waals surface area contributed by atoms with Crippen LogP contribution in [0.4, 0.5) is 5.69 Å². The molecule has 1 aromatic rings. The smallest absolute Gasteiger partial charge is 0.335 e. The third-order valence-electron chi connectivity index (χ3n) is 1.62. The zero-order valence-corrected chi connectivity index (χ0v) is 7.76. The number of carboxylic acid groups (broad SMARTS) is 1. The molecule has 0 unspecified atom stereocenters. The Kier molecular flexibility index (Phi) is 2.90. The van der Waals surface area contributed by atoms with Gasteiger partial charge in [0, 0.05) is 0 Å². The third-order valence-corrected chi connectivity index (χ3v) is 1.71. The van der Waals surface area contributed by atoms with Gasteiger partial charge in [-0.3, -0.25) is 0 Å². The number of carboxylic acids is 1. The van der Waals surface area contributed by atoms with Gasteiger partial charge in [-0.15, -0.1) is 0 Å². The molecule has 1 aromatic carbocycles. The Labute approximate surface area is 80.7 Å². The highest BCUT2D eigenvalue weighted by Gasteiger charge is 2.05. The molecule has 0 aliphatic heterocycles. The van der Waals surface area contributed by atoms with E-state index in [0.29, 0.717) is 11.3 Å². The molecule has 0 atom stereocenters. The van der Waals surface area contributed by atoms with Gasteiger partial charge in [0.05, 0.1) is 16.4 Å². The van der Waals surface area contributed by atoms with Gasteiger partial charge >= 0.3 is 5.97 Å². The summed E-state index contributed by atoms with van der Waals surface area (Å²) in [6.07, 6.45) is 0. The van der Waals surface area contributed by atoms with E-state index in [9.17, 15) is 4.79 Å². The fourth-order valence-corrected chi connectivity index (χ4v) is 1.12. The SMILES string of the molecule is Cc1cc(N=C=S)ccc1C(=O)O. The minimum atomic E-state index is -0.935. The zero-order valence-electron chi connectivity index (χ0n) is 6.94. The van der Waals surface area contributed by atoms with Crippen LogP contribution in [-0.4, -0.2) is 16.2 Å². The lowest BCUT2D eigenvalue weighted by atomic mass is 10.1. The predicted molar refractivity (Wildman–Crippen MR) is 52.8 cm³/mol. The number of carbonyl (C=O) groups is 1. The number of rotatable bonds is 2. The van der Waals surface area contributed by atoms with Gasteiger partial charge in [0.15, 0.2) is 0 Å². The topological polar surface area (TPSA) is 49.7 Å². The van der Waals surface area contributed by atoms with Gasteiger partial charge in [0.1, 0.15) is 0 Å². The van der Waals surface area contributed by atoms with E-state index in [0.717, 1.165) is 0 Å². The van der Waals surface area contributed by atoms with Gasteiger partial charge in [-0.1, -0.05) is 0 Å². The first-order valence-electron chi connectivity index (χ1n) is 3.57. The molecule has 0 aliphatic rings. The molecular weight excluding hydrogens is 186 g/mol. The molecule has 13 heavy (non-hydrogen) atoms. The summed E-state index contributed by atoms with van der Waals surface area (Å²) in [5.41, 5.74) is 1.57. The summed E-state index contributed by atoms with van der Waals surface area (Å²) in [7, 11) is 0. The first-order chi connectivity index (χ1) is 6.15. The molecule has 0 fully saturated rings. The molecule has 0 saturated heterocycles. The summed E-state index contributed by atoms with van der Waals surface area (Å²) < 4.78 is 0. The van der Waals surface area contributed by atoms with Crippen molar-refractivity contribution in [2.45, 2.75) is 6.92 Å². The lowest BCUT2D eigenvalue weighted by Crippen LogP contribution is -1.98. The maximum absolute atomic E-state index is 10.6. The highest BCUT2D eigenvalue weighted by Crippen LogP contribution is 2.17. The molecule has 1 rings (SSSR count). The largest absolute Gasteiger partial charge is 0.478 e. The van der Waals surface area contributed by atoms with E-state index in [2.05, 4.69) is 22.4 Å². The van der Waals surface area contributed by atoms with Crippen molar-refractivity contribution in [1.29, 1.82) is 0 Å². The van der Waals surface area contributed by atoms with Crippen molar-refractivity contribution in [3.05, 3.63) is 29.3 Å². The maximum atomic E-state index is 10.6. The van der Waals surface area contributed by atoms with Crippen molar-refractivity contribution in [2.24, 2.45) is 4.99 Å². The lowest BCUT2D eigenvalue weighted by molar-refractivity contribution is 0.0696. The summed E-state index contributed by atoms with van der Waals surface area (Å²) in [5.74, 6) is -0.935. The van der Waals surface area contributed by atoms with Crippen molar-refractivity contribution in [1.82, 2.24) is 0 Å². The van der Waals surface area contributed by atoms with E-state index in [4.69, 9.17) is 5.11 Å². The van der Waals surface area contributed by atoms with Gasteiger partial charge < -0.3 is 5.11 Å². The van der Waals surface area contributed by atoms with Crippen LogP contribution in [0, 0.1) is 6.92 Å². The molecule has 0 amide bonds. The quantitative estimate of drug-likeness (QED) is 0.579. The van der Waals surface area contributed by atoms with Crippen LogP contribution in [0.1, 0.15) is 15.9 Å². The molecule has 1 N–H and O–H groups in total. The van der Waals surface area contributed by atoms with Crippen LogP contribution in [0.2, 0.25) is 0 Å². The molecule has 3 nitrogen and oxygen atoms in total. The summed E-state index contributed by atoms with van der Waals surface area (Å²) in [6.45, 7) is 1.71. The minimum absolute atomic E-state index is 0.281. The number of thiocarbonyl (C=S) groups is 1. The van der Waals surface area contributed by atoms with Crippen molar-refractivity contribution >= 4 is 29.0 Å². The highest BCUT2D eigenvalue weighted by molar-refractivity contribution is 7.78. The van der Waals surface area contributed by atoms with Crippen molar-refractivity contribution in [3.63, 3.8) is 0 Å². The standard InChI is InChI=1S/C9H7NO2S/c1-6-4-7(10-5-13)2-3-8(6)9(11)12/h2-4H,1H3,(H,11,12). The molecule has 0 aliphatic carbocycles. The van der Waals surface area contributed by atoms with Crippen LogP contribution in [-0.2, 0) is 0 Å². The second-order valence-corrected chi connectivity index (χ2v) is 2.69. The normalized spacial score (nSPS) is 9.00. The van der Waals surface area contributed by atoms with E-state index in [1.165, 1.54) is 6.07 Å². The van der Waals surface area contributed by atoms with Crippen LogP contribution < -0.4 is 0 Å². The summed E-state index contributed by atoms with van der Waals surface area (Å²) in [5, 5.41) is 10.9. The Balaban J connectivity index is 3.19. The van der Waals surface area contributed by atoms with Gasteiger partial charge in [-0.05, 0) is 42.9 Å². The highest BCUT2D eigenvalue weighted by atomic mass is 32.1. The Morgan fingerprint density at radius 3 is 2.77 bits per heavy atom. The number of isothiocyanates is 1. The van der Waals surface area contributed by atoms with E-state index in [1.54, 1.807) is 19.1 Å². The van der Waals surface area contributed by atoms with E-state index >= 15 is 0 Å². The van der Waals surface area contributed by atoms with Crippen LogP contribution in [0.3, 0.4) is 0 Å². The molecule has 4 heteroatoms. The number of nitrogens with zero attached hydrogens (tertiary/aromatic N) is 1. The van der Waals surface area contributed by atoms with Gasteiger partial charge in [0.25, 0.3) is 0 Å². The minimum Gasteiger partial charge on any atom is -0.478 e. The summed E-state index contributed by atoms with van der Waals surface area (Å²) in [6, 6.07) is 4.75. The Morgan fingerprint density at radius 1 is 1.62 bits per heavy atom. The molecule has 0 saturated carbocycles. The molecule has 0 aromatic heterocycles. The number of aromatic carboxylic acids is 1.